The zero-order chi connectivity index (χ0) is 24.5. The van der Waals surface area contributed by atoms with Crippen LogP contribution >= 0.6 is 7.26 Å². The largest absolute Gasteiger partial charge is 0.394 e. The summed E-state index contributed by atoms with van der Waals surface area (Å²) in [6.07, 6.45) is 19.4. The van der Waals surface area contributed by atoms with Crippen LogP contribution in [0, 0.1) is 0 Å². The quantitative estimate of drug-likeness (QED) is 0.231. The van der Waals surface area contributed by atoms with Crippen LogP contribution < -0.4 is 11.3 Å². The Labute approximate surface area is 200 Å². The lowest BCUT2D eigenvalue weighted by molar-refractivity contribution is 0.0499. The summed E-state index contributed by atoms with van der Waals surface area (Å²) in [5.74, 6) is 0.0291. The summed E-state index contributed by atoms with van der Waals surface area (Å²) >= 11 is 0. The maximum atomic E-state index is 11.4. The highest BCUT2D eigenvalue weighted by molar-refractivity contribution is 7.75. The molecule has 8 nitrogen and oxygen atoms in total. The van der Waals surface area contributed by atoms with E-state index < -0.39 is 7.26 Å². The van der Waals surface area contributed by atoms with E-state index in [4.69, 9.17) is 15.6 Å². The van der Waals surface area contributed by atoms with Crippen molar-refractivity contribution in [1.82, 2.24) is 19.5 Å². The monoisotopic (exact) mass is 484 g/mol. The number of H-pyrrole nitrogens is 1. The van der Waals surface area contributed by atoms with E-state index in [1.54, 1.807) is 24.6 Å². The van der Waals surface area contributed by atoms with Gasteiger partial charge in [-0.25, -0.2) is 4.98 Å². The molecule has 0 atom stereocenters. The van der Waals surface area contributed by atoms with Crippen molar-refractivity contribution in [3.63, 3.8) is 0 Å². The molecule has 0 saturated heterocycles. The molecule has 2 heterocycles. The van der Waals surface area contributed by atoms with Crippen molar-refractivity contribution in [2.75, 3.05) is 43.6 Å². The molecule has 0 saturated carbocycles. The van der Waals surface area contributed by atoms with E-state index in [1.807, 2.05) is 0 Å². The maximum Gasteiger partial charge on any atom is 0.280 e. The smallest absolute Gasteiger partial charge is 0.280 e. The minimum Gasteiger partial charge on any atom is -0.394 e. The van der Waals surface area contributed by atoms with Crippen molar-refractivity contribution in [3.05, 3.63) is 16.7 Å². The molecule has 33 heavy (non-hydrogen) atoms. The maximum absolute atomic E-state index is 11.4. The van der Waals surface area contributed by atoms with Crippen LogP contribution in [0.25, 0.3) is 11.2 Å². The minimum atomic E-state index is -0.562. The van der Waals surface area contributed by atoms with E-state index in [-0.39, 0.29) is 37.0 Å². The summed E-state index contributed by atoms with van der Waals surface area (Å²) in [7, 11) is -0.562. The number of anilines is 1. The lowest BCUT2D eigenvalue weighted by Gasteiger charge is -2.28. The SMILES string of the molecule is CCCC[P+](CCCC)(CCCC)CCCC.Nc1nc2c(ncn2COCCO)c(=O)[nH]1. The summed E-state index contributed by atoms with van der Waals surface area (Å²) in [5.41, 5.74) is 5.60. The number of aliphatic hydroxyl groups excluding tert-OH is 1. The Bertz CT molecular complexity index is 787. The first-order valence-corrected chi connectivity index (χ1v) is 15.2. The van der Waals surface area contributed by atoms with Gasteiger partial charge in [-0.05, 0) is 25.7 Å². The van der Waals surface area contributed by atoms with E-state index in [0.29, 0.717) is 5.65 Å². The molecule has 4 N–H and O–H groups in total. The normalized spacial score (nSPS) is 11.5. The number of nitrogens with two attached hydrogens (primary N) is 1. The van der Waals surface area contributed by atoms with Gasteiger partial charge in [0.1, 0.15) is 6.73 Å². The Morgan fingerprint density at radius 3 is 1.97 bits per heavy atom. The third kappa shape index (κ3) is 10.5. The van der Waals surface area contributed by atoms with Gasteiger partial charge in [0.2, 0.25) is 5.95 Å². The predicted octanol–water partition coefficient (Wildman–Crippen LogP) is 4.87. The highest BCUT2D eigenvalue weighted by Gasteiger charge is 2.34. The molecule has 0 amide bonds. The zero-order valence-corrected chi connectivity index (χ0v) is 22.2. The summed E-state index contributed by atoms with van der Waals surface area (Å²) in [5, 5.41) is 8.56. The Morgan fingerprint density at radius 1 is 1.00 bits per heavy atom. The molecule has 0 aliphatic rings. The first kappa shape index (κ1) is 29.5. The summed E-state index contributed by atoms with van der Waals surface area (Å²) in [6, 6.07) is 0. The highest BCUT2D eigenvalue weighted by Crippen LogP contribution is 2.61. The zero-order valence-electron chi connectivity index (χ0n) is 21.3. The lowest BCUT2D eigenvalue weighted by Crippen LogP contribution is -2.13. The van der Waals surface area contributed by atoms with Gasteiger partial charge < -0.3 is 15.6 Å². The van der Waals surface area contributed by atoms with Gasteiger partial charge in [-0.3, -0.25) is 14.3 Å². The van der Waals surface area contributed by atoms with Crippen molar-refractivity contribution < 1.29 is 9.84 Å². The van der Waals surface area contributed by atoms with Gasteiger partial charge in [0.25, 0.3) is 5.56 Å². The average molecular weight is 485 g/mol. The molecule has 0 bridgehead atoms. The molecule has 190 valence electrons. The molecule has 2 aromatic rings. The van der Waals surface area contributed by atoms with Gasteiger partial charge in [0.05, 0.1) is 44.2 Å². The first-order chi connectivity index (χ1) is 16.0. The second-order valence-electron chi connectivity index (χ2n) is 8.75. The number of nitrogens with zero attached hydrogens (tertiary/aromatic N) is 3. The van der Waals surface area contributed by atoms with Gasteiger partial charge in [-0.15, -0.1) is 0 Å². The lowest BCUT2D eigenvalue weighted by atomic mass is 10.4. The van der Waals surface area contributed by atoms with Crippen LogP contribution in [0.2, 0.25) is 0 Å². The number of nitrogen functional groups attached to an aromatic ring is 1. The minimum absolute atomic E-state index is 0.0291. The molecular formula is C24H47N5O3P+. The van der Waals surface area contributed by atoms with Gasteiger partial charge in [0.15, 0.2) is 11.2 Å². The Morgan fingerprint density at radius 2 is 1.52 bits per heavy atom. The van der Waals surface area contributed by atoms with E-state index in [0.717, 1.165) is 0 Å². The molecular weight excluding hydrogens is 437 g/mol. The second kappa shape index (κ2) is 17.0. The number of hydrogen-bond donors (Lipinski definition) is 3. The molecule has 2 aromatic heterocycles. The van der Waals surface area contributed by atoms with E-state index in [2.05, 4.69) is 42.6 Å². The van der Waals surface area contributed by atoms with Crippen LogP contribution in [0.5, 0.6) is 0 Å². The molecule has 0 aliphatic carbocycles. The van der Waals surface area contributed by atoms with Crippen LogP contribution in [-0.4, -0.2) is 62.5 Å². The molecule has 9 heteroatoms. The Hall–Kier alpha value is -1.50. The van der Waals surface area contributed by atoms with E-state index in [1.165, 1.54) is 62.3 Å². The van der Waals surface area contributed by atoms with Gasteiger partial charge in [-0.2, -0.15) is 4.98 Å². The van der Waals surface area contributed by atoms with Crippen molar-refractivity contribution in [1.29, 1.82) is 0 Å². The third-order valence-electron chi connectivity index (χ3n) is 5.90. The summed E-state index contributed by atoms with van der Waals surface area (Å²) in [4.78, 5) is 21.6. The van der Waals surface area contributed by atoms with Crippen LogP contribution in [0.15, 0.2) is 11.1 Å². The number of unbranched alkanes of at least 4 members (excludes halogenated alkanes) is 4. The number of fused-ring (bicyclic) bond motifs is 1. The molecule has 0 aliphatic heterocycles. The number of aromatic amines is 1. The highest BCUT2D eigenvalue weighted by atomic mass is 31.2. The molecule has 0 fully saturated rings. The fraction of sp³-hybridized carbons (Fsp3) is 0.792. The van der Waals surface area contributed by atoms with E-state index in [9.17, 15) is 4.79 Å². The van der Waals surface area contributed by atoms with Crippen molar-refractivity contribution in [2.24, 2.45) is 0 Å². The van der Waals surface area contributed by atoms with Crippen LogP contribution in [0.1, 0.15) is 79.1 Å². The number of aromatic nitrogens is 4. The van der Waals surface area contributed by atoms with Crippen molar-refractivity contribution in [2.45, 2.75) is 85.8 Å². The number of imidazole rings is 1. The number of hydrogen-bond acceptors (Lipinski definition) is 6. The van der Waals surface area contributed by atoms with Gasteiger partial charge >= 0.3 is 0 Å². The number of nitrogens with one attached hydrogen (secondary N) is 1. The molecule has 0 spiro atoms. The average Bonchev–Trinajstić information content (AvgIpc) is 3.22. The standard InChI is InChI=1S/C16H36P.C8H11N5O3/c1-5-9-13-17(14-10-6-2,15-11-7-3)16-12-8-4;9-8-11-6-5(7(15)12-8)10-3-13(6)4-16-2-1-14/h5-16H2,1-4H3;3,14H,1-2,4H2,(H3,9,11,12,15)/q+1;. The van der Waals surface area contributed by atoms with Crippen LogP contribution in [-0.2, 0) is 11.5 Å². The number of rotatable bonds is 16. The molecule has 2 rings (SSSR count). The van der Waals surface area contributed by atoms with Crippen LogP contribution in [0.3, 0.4) is 0 Å². The number of ether oxygens (including phenoxy) is 1. The van der Waals surface area contributed by atoms with Gasteiger partial charge in [0, 0.05) is 7.26 Å². The first-order valence-electron chi connectivity index (χ1n) is 12.7. The fourth-order valence-electron chi connectivity index (χ4n) is 3.94. The van der Waals surface area contributed by atoms with Crippen molar-refractivity contribution in [3.8, 4) is 0 Å². The Balaban J connectivity index is 0.000000330. The van der Waals surface area contributed by atoms with Crippen LogP contribution in [0.4, 0.5) is 5.95 Å². The summed E-state index contributed by atoms with van der Waals surface area (Å²) in [6.45, 7) is 9.72. The molecule has 0 radical (unpaired) electrons. The number of aliphatic hydroxyl groups is 1. The second-order valence-corrected chi connectivity index (χ2v) is 13.2. The molecule has 0 aromatic carbocycles. The third-order valence-corrected chi connectivity index (χ3v) is 11.0. The van der Waals surface area contributed by atoms with Crippen molar-refractivity contribution >= 4 is 24.4 Å². The Kier molecular flexibility index (Phi) is 15.2. The topological polar surface area (TPSA) is 119 Å². The summed E-state index contributed by atoms with van der Waals surface area (Å²) < 4.78 is 6.63. The molecule has 0 unspecified atom stereocenters. The predicted molar refractivity (Wildman–Crippen MR) is 142 cm³/mol. The van der Waals surface area contributed by atoms with E-state index >= 15 is 0 Å². The fourth-order valence-corrected chi connectivity index (χ4v) is 9.23. The van der Waals surface area contributed by atoms with Gasteiger partial charge in [-0.1, -0.05) is 53.4 Å².